The van der Waals surface area contributed by atoms with Gasteiger partial charge in [0, 0.05) is 30.3 Å². The van der Waals surface area contributed by atoms with E-state index in [0.717, 1.165) is 11.1 Å². The summed E-state index contributed by atoms with van der Waals surface area (Å²) in [5, 5.41) is 2.63. The van der Waals surface area contributed by atoms with Gasteiger partial charge in [-0.2, -0.15) is 0 Å². The zero-order chi connectivity index (χ0) is 24.8. The van der Waals surface area contributed by atoms with Gasteiger partial charge in [-0.3, -0.25) is 14.6 Å². The number of carbonyl (C=O) groups excluding carboxylic acids is 2. The molecule has 8 nitrogen and oxygen atoms in total. The number of benzene rings is 2. The molecule has 0 spiro atoms. The van der Waals surface area contributed by atoms with Crippen LogP contribution in [0, 0.1) is 0 Å². The first-order chi connectivity index (χ1) is 17.1. The number of hydrogen-bond donors (Lipinski definition) is 1. The number of hydrogen-bond acceptors (Lipinski definition) is 7. The van der Waals surface area contributed by atoms with Crippen LogP contribution in [0.25, 0.3) is 0 Å². The van der Waals surface area contributed by atoms with Gasteiger partial charge in [-0.25, -0.2) is 0 Å². The zero-order valence-electron chi connectivity index (χ0n) is 19.8. The van der Waals surface area contributed by atoms with Gasteiger partial charge in [-0.05, 0) is 29.3 Å². The first-order valence-corrected chi connectivity index (χ1v) is 12.1. The number of thioether (sulfide) groups is 1. The van der Waals surface area contributed by atoms with E-state index in [1.807, 2.05) is 42.5 Å². The van der Waals surface area contributed by atoms with Gasteiger partial charge in [-0.15, -0.1) is 11.8 Å². The summed E-state index contributed by atoms with van der Waals surface area (Å²) >= 11 is 1.56. The van der Waals surface area contributed by atoms with Crippen molar-refractivity contribution < 1.29 is 23.8 Å². The lowest BCUT2D eigenvalue weighted by Crippen LogP contribution is -2.47. The van der Waals surface area contributed by atoms with Gasteiger partial charge < -0.3 is 24.4 Å². The lowest BCUT2D eigenvalue weighted by molar-refractivity contribution is -0.125. The van der Waals surface area contributed by atoms with Crippen LogP contribution >= 0.6 is 11.8 Å². The topological polar surface area (TPSA) is 90.0 Å². The molecule has 2 unspecified atom stereocenters. The summed E-state index contributed by atoms with van der Waals surface area (Å²) in [4.78, 5) is 32.9. The Morgan fingerprint density at radius 2 is 1.74 bits per heavy atom. The normalized spacial score (nSPS) is 17.1. The number of rotatable bonds is 8. The van der Waals surface area contributed by atoms with E-state index in [0.29, 0.717) is 35.1 Å². The van der Waals surface area contributed by atoms with E-state index in [4.69, 9.17) is 14.2 Å². The van der Waals surface area contributed by atoms with E-state index in [2.05, 4.69) is 10.3 Å². The Labute approximate surface area is 208 Å². The Morgan fingerprint density at radius 1 is 1.03 bits per heavy atom. The molecule has 2 heterocycles. The van der Waals surface area contributed by atoms with Crippen molar-refractivity contribution in [3.05, 3.63) is 83.7 Å². The predicted octanol–water partition coefficient (Wildman–Crippen LogP) is 3.68. The highest BCUT2D eigenvalue weighted by Crippen LogP contribution is 2.44. The Morgan fingerprint density at radius 3 is 2.34 bits per heavy atom. The number of amides is 2. The molecule has 0 bridgehead atoms. The third kappa shape index (κ3) is 5.19. The summed E-state index contributed by atoms with van der Waals surface area (Å²) < 4.78 is 16.3. The molecule has 35 heavy (non-hydrogen) atoms. The molecule has 2 atom stereocenters. The molecule has 1 fully saturated rings. The SMILES string of the molecule is COc1cc(C(=O)N2C(C(=O)NCc3cccnc3)CSC2c2ccccc2)cc(OC)c1OC. The maximum absolute atomic E-state index is 13.9. The molecule has 0 aliphatic carbocycles. The maximum Gasteiger partial charge on any atom is 0.256 e. The fraction of sp³-hybridized carbons (Fsp3) is 0.269. The first kappa shape index (κ1) is 24.4. The summed E-state index contributed by atoms with van der Waals surface area (Å²) in [5.41, 5.74) is 2.17. The van der Waals surface area contributed by atoms with Gasteiger partial charge in [0.05, 0.1) is 21.3 Å². The van der Waals surface area contributed by atoms with Crippen molar-refractivity contribution >= 4 is 23.6 Å². The third-order valence-electron chi connectivity index (χ3n) is 5.72. The lowest BCUT2D eigenvalue weighted by Gasteiger charge is -2.29. The number of ether oxygens (including phenoxy) is 3. The number of aromatic nitrogens is 1. The van der Waals surface area contributed by atoms with Crippen LogP contribution < -0.4 is 19.5 Å². The average Bonchev–Trinajstić information content (AvgIpc) is 3.36. The van der Waals surface area contributed by atoms with Crippen molar-refractivity contribution in [3.63, 3.8) is 0 Å². The summed E-state index contributed by atoms with van der Waals surface area (Å²) in [5.74, 6) is 1.08. The van der Waals surface area contributed by atoms with Crippen LogP contribution in [0.1, 0.15) is 26.9 Å². The molecule has 3 aromatic rings. The molecular weight excluding hydrogens is 466 g/mol. The number of nitrogens with zero attached hydrogens (tertiary/aromatic N) is 2. The zero-order valence-corrected chi connectivity index (χ0v) is 20.6. The molecule has 4 rings (SSSR count). The fourth-order valence-corrected chi connectivity index (χ4v) is 5.42. The number of pyridine rings is 1. The first-order valence-electron chi connectivity index (χ1n) is 11.0. The second-order valence-electron chi connectivity index (χ2n) is 7.82. The highest BCUT2D eigenvalue weighted by molar-refractivity contribution is 7.99. The molecular formula is C26H27N3O5S. The van der Waals surface area contributed by atoms with Gasteiger partial charge in [0.1, 0.15) is 11.4 Å². The van der Waals surface area contributed by atoms with Gasteiger partial charge in [0.25, 0.3) is 5.91 Å². The van der Waals surface area contributed by atoms with Crippen molar-refractivity contribution in [1.29, 1.82) is 0 Å². The van der Waals surface area contributed by atoms with Gasteiger partial charge in [0.2, 0.25) is 11.7 Å². The molecule has 1 aliphatic heterocycles. The maximum atomic E-state index is 13.9. The van der Waals surface area contributed by atoms with E-state index < -0.39 is 6.04 Å². The summed E-state index contributed by atoms with van der Waals surface area (Å²) in [6.45, 7) is 0.329. The van der Waals surface area contributed by atoms with Crippen molar-refractivity contribution in [2.75, 3.05) is 27.1 Å². The largest absolute Gasteiger partial charge is 0.493 e. The monoisotopic (exact) mass is 493 g/mol. The van der Waals surface area contributed by atoms with E-state index >= 15 is 0 Å². The van der Waals surface area contributed by atoms with E-state index in [1.54, 1.807) is 41.2 Å². The highest BCUT2D eigenvalue weighted by atomic mass is 32.2. The molecule has 1 saturated heterocycles. The van der Waals surface area contributed by atoms with Crippen LogP contribution in [0.5, 0.6) is 17.2 Å². The summed E-state index contributed by atoms with van der Waals surface area (Å²) in [6, 6.07) is 16.0. The van der Waals surface area contributed by atoms with Crippen molar-refractivity contribution in [1.82, 2.24) is 15.2 Å². The lowest BCUT2D eigenvalue weighted by atomic mass is 10.1. The van der Waals surface area contributed by atoms with Crippen molar-refractivity contribution in [2.24, 2.45) is 0 Å². The van der Waals surface area contributed by atoms with Crippen LogP contribution in [-0.2, 0) is 11.3 Å². The molecule has 9 heteroatoms. The van der Waals surface area contributed by atoms with E-state index in [1.165, 1.54) is 21.3 Å². The Bertz CT molecular complexity index is 1150. The number of carbonyl (C=O) groups is 2. The summed E-state index contributed by atoms with van der Waals surface area (Å²) in [7, 11) is 4.50. The highest BCUT2D eigenvalue weighted by Gasteiger charge is 2.42. The molecule has 2 aromatic carbocycles. The summed E-state index contributed by atoms with van der Waals surface area (Å²) in [6.07, 6.45) is 3.39. The van der Waals surface area contributed by atoms with Crippen LogP contribution in [0.4, 0.5) is 0 Å². The Kier molecular flexibility index (Phi) is 7.77. The number of methoxy groups -OCH3 is 3. The minimum Gasteiger partial charge on any atom is -0.493 e. The number of nitrogens with one attached hydrogen (secondary N) is 1. The second-order valence-corrected chi connectivity index (χ2v) is 8.93. The van der Waals surface area contributed by atoms with Crippen molar-refractivity contribution in [2.45, 2.75) is 18.0 Å². The Balaban J connectivity index is 1.67. The van der Waals surface area contributed by atoms with Gasteiger partial charge >= 0.3 is 0 Å². The van der Waals surface area contributed by atoms with Gasteiger partial charge in [0.15, 0.2) is 11.5 Å². The molecule has 1 N–H and O–H groups in total. The molecule has 0 saturated carbocycles. The quantitative estimate of drug-likeness (QED) is 0.512. The minimum absolute atomic E-state index is 0.222. The van der Waals surface area contributed by atoms with Crippen LogP contribution in [-0.4, -0.2) is 54.8 Å². The molecule has 2 amide bonds. The minimum atomic E-state index is -0.659. The molecule has 182 valence electrons. The molecule has 1 aliphatic rings. The third-order valence-corrected chi connectivity index (χ3v) is 7.05. The predicted molar refractivity (Wildman–Crippen MR) is 134 cm³/mol. The Hall–Kier alpha value is -3.72. The van der Waals surface area contributed by atoms with E-state index in [9.17, 15) is 9.59 Å². The second kappa shape index (κ2) is 11.1. The smallest absolute Gasteiger partial charge is 0.256 e. The fourth-order valence-electron chi connectivity index (χ4n) is 3.99. The molecule has 0 radical (unpaired) electrons. The van der Waals surface area contributed by atoms with Crippen LogP contribution in [0.2, 0.25) is 0 Å². The van der Waals surface area contributed by atoms with Crippen LogP contribution in [0.3, 0.4) is 0 Å². The standard InChI is InChI=1S/C26H27N3O5S/c1-32-21-12-19(13-22(33-2)23(21)34-3)25(31)29-20(16-35-26(29)18-9-5-4-6-10-18)24(30)28-15-17-8-7-11-27-14-17/h4-14,20,26H,15-16H2,1-3H3,(H,28,30). The molecule has 1 aromatic heterocycles. The average molecular weight is 494 g/mol. The van der Waals surface area contributed by atoms with Crippen LogP contribution in [0.15, 0.2) is 67.0 Å². The van der Waals surface area contributed by atoms with Gasteiger partial charge in [-0.1, -0.05) is 36.4 Å². The van der Waals surface area contributed by atoms with Crippen molar-refractivity contribution in [3.8, 4) is 17.2 Å². The van der Waals surface area contributed by atoms with E-state index in [-0.39, 0.29) is 17.2 Å².